The van der Waals surface area contributed by atoms with Crippen molar-refractivity contribution in [1.82, 2.24) is 14.4 Å². The minimum Gasteiger partial charge on any atom is -0.465 e. The number of rotatable bonds is 4. The van der Waals surface area contributed by atoms with Crippen molar-refractivity contribution in [3.63, 3.8) is 0 Å². The fourth-order valence-electron chi connectivity index (χ4n) is 5.96. The van der Waals surface area contributed by atoms with Gasteiger partial charge >= 0.3 is 5.97 Å². The summed E-state index contributed by atoms with van der Waals surface area (Å²) >= 11 is 0. The van der Waals surface area contributed by atoms with Crippen molar-refractivity contribution in [2.24, 2.45) is 0 Å². The maximum absolute atomic E-state index is 14.5. The van der Waals surface area contributed by atoms with Gasteiger partial charge in [0.05, 0.1) is 24.9 Å². The Labute approximate surface area is 211 Å². The second-order valence-electron chi connectivity index (χ2n) is 10.3. The number of esters is 1. The molecule has 0 atom stereocenters. The van der Waals surface area contributed by atoms with E-state index in [-0.39, 0.29) is 17.7 Å². The monoisotopic (exact) mass is 491 g/mol. The van der Waals surface area contributed by atoms with Crippen LogP contribution < -0.4 is 0 Å². The Balaban J connectivity index is 1.75. The van der Waals surface area contributed by atoms with E-state index in [2.05, 4.69) is 4.57 Å². The van der Waals surface area contributed by atoms with Gasteiger partial charge in [-0.15, -0.1) is 0 Å². The summed E-state index contributed by atoms with van der Waals surface area (Å²) in [5.41, 5.74) is 5.65. The molecule has 1 aliphatic carbocycles. The van der Waals surface area contributed by atoms with Gasteiger partial charge in [-0.25, -0.2) is 9.18 Å². The van der Waals surface area contributed by atoms with E-state index in [1.807, 2.05) is 48.2 Å². The van der Waals surface area contributed by atoms with Crippen molar-refractivity contribution in [3.05, 3.63) is 58.9 Å². The summed E-state index contributed by atoms with van der Waals surface area (Å²) in [6, 6.07) is 10.7. The van der Waals surface area contributed by atoms with E-state index in [4.69, 9.17) is 4.74 Å². The van der Waals surface area contributed by atoms with Crippen molar-refractivity contribution >= 4 is 22.8 Å². The Hall–Kier alpha value is -3.19. The summed E-state index contributed by atoms with van der Waals surface area (Å²) in [6.07, 6.45) is 5.88. The van der Waals surface area contributed by atoms with Gasteiger partial charge in [-0.1, -0.05) is 25.3 Å². The van der Waals surface area contributed by atoms with Crippen molar-refractivity contribution in [3.8, 4) is 11.3 Å². The Morgan fingerprint density at radius 3 is 2.56 bits per heavy atom. The number of fused-ring (bicyclic) bond motifs is 5. The zero-order valence-corrected chi connectivity index (χ0v) is 21.3. The number of nitrogens with zero attached hydrogens (tertiary/aromatic N) is 3. The third-order valence-corrected chi connectivity index (χ3v) is 7.62. The molecule has 1 saturated carbocycles. The molecule has 1 fully saturated rings. The van der Waals surface area contributed by atoms with E-state index < -0.39 is 0 Å². The summed E-state index contributed by atoms with van der Waals surface area (Å²) in [5, 5.41) is 1.13. The van der Waals surface area contributed by atoms with Crippen LogP contribution in [0.3, 0.4) is 0 Å². The number of methoxy groups -OCH3 is 1. The molecule has 1 aromatic heterocycles. The van der Waals surface area contributed by atoms with Crippen LogP contribution in [0.1, 0.15) is 59.5 Å². The Kier molecular flexibility index (Phi) is 6.84. The Morgan fingerprint density at radius 2 is 1.83 bits per heavy atom. The van der Waals surface area contributed by atoms with Crippen LogP contribution in [0, 0.1) is 5.82 Å². The number of halogens is 1. The lowest BCUT2D eigenvalue weighted by atomic mass is 9.81. The molecule has 7 heteroatoms. The molecule has 0 N–H and O–H groups in total. The molecule has 2 aromatic carbocycles. The third kappa shape index (κ3) is 4.52. The molecule has 0 radical (unpaired) electrons. The quantitative estimate of drug-likeness (QED) is 0.472. The molecule has 0 bridgehead atoms. The number of carbonyl (C=O) groups is 2. The van der Waals surface area contributed by atoms with E-state index in [1.165, 1.54) is 38.0 Å². The second-order valence-corrected chi connectivity index (χ2v) is 10.3. The molecule has 0 spiro atoms. The second kappa shape index (κ2) is 10.1. The smallest absolute Gasteiger partial charge is 0.337 e. The predicted molar refractivity (Wildman–Crippen MR) is 138 cm³/mol. The number of hydrogen-bond acceptors (Lipinski definition) is 4. The van der Waals surface area contributed by atoms with Gasteiger partial charge in [0.15, 0.2) is 0 Å². The van der Waals surface area contributed by atoms with Crippen LogP contribution in [0.2, 0.25) is 0 Å². The molecular weight excluding hydrogens is 457 g/mol. The Bertz CT molecular complexity index is 1310. The number of ether oxygens (including phenoxy) is 1. The fourth-order valence-corrected chi connectivity index (χ4v) is 5.96. The largest absolute Gasteiger partial charge is 0.465 e. The van der Waals surface area contributed by atoms with E-state index in [9.17, 15) is 14.0 Å². The van der Waals surface area contributed by atoms with E-state index in [0.717, 1.165) is 40.6 Å². The number of carbonyl (C=O) groups excluding carboxylic acids is 2. The van der Waals surface area contributed by atoms with Crippen molar-refractivity contribution in [2.45, 2.75) is 51.1 Å². The average Bonchev–Trinajstić information content (AvgIpc) is 3.17. The molecule has 0 saturated heterocycles. The summed E-state index contributed by atoms with van der Waals surface area (Å²) in [6.45, 7) is 1.77. The topological polar surface area (TPSA) is 54.8 Å². The summed E-state index contributed by atoms with van der Waals surface area (Å²) in [4.78, 5) is 29.2. The number of likely N-dealkylation sites (N-methyl/N-ethyl adjacent to an activating group) is 1. The van der Waals surface area contributed by atoms with Gasteiger partial charge in [0.1, 0.15) is 5.82 Å². The molecule has 6 nitrogen and oxygen atoms in total. The van der Waals surface area contributed by atoms with Crippen LogP contribution in [0.5, 0.6) is 0 Å². The van der Waals surface area contributed by atoms with Gasteiger partial charge in [0.25, 0.3) is 0 Å². The van der Waals surface area contributed by atoms with Crippen LogP contribution in [-0.2, 0) is 22.6 Å². The van der Waals surface area contributed by atoms with Gasteiger partial charge < -0.3 is 19.1 Å². The summed E-state index contributed by atoms with van der Waals surface area (Å²) in [5.74, 6) is -0.255. The highest BCUT2D eigenvalue weighted by Gasteiger charge is 2.30. The highest BCUT2D eigenvalue weighted by Crippen LogP contribution is 2.45. The molecule has 36 heavy (non-hydrogen) atoms. The lowest BCUT2D eigenvalue weighted by Gasteiger charge is -2.30. The maximum Gasteiger partial charge on any atom is 0.337 e. The third-order valence-electron chi connectivity index (χ3n) is 7.62. The minimum atomic E-state index is -0.372. The zero-order chi connectivity index (χ0) is 25.4. The molecular formula is C29H34FN3O3. The highest BCUT2D eigenvalue weighted by molar-refractivity contribution is 5.99. The first-order chi connectivity index (χ1) is 17.4. The minimum absolute atomic E-state index is 0.0119. The zero-order valence-electron chi connectivity index (χ0n) is 21.3. The standard InChI is InChI=1S/C29H34FN3O3/c1-31(2)18-26(34)32-13-14-33-25-16-20(29(35)36-3)9-11-24(25)27(19-7-5-4-6-8-19)28(33)23-12-10-22(30)15-21(23)17-32/h9-12,15-16,19H,4-8,13-14,17-18H2,1-3H3. The van der Waals surface area contributed by atoms with Crippen LogP contribution in [0.25, 0.3) is 22.2 Å². The number of aromatic nitrogens is 1. The van der Waals surface area contributed by atoms with Gasteiger partial charge in [-0.3, -0.25) is 4.79 Å². The molecule has 3 aromatic rings. The number of benzene rings is 2. The van der Waals surface area contributed by atoms with Gasteiger partial charge in [-0.05, 0) is 74.3 Å². The fraction of sp³-hybridized carbons (Fsp3) is 0.448. The number of hydrogen-bond donors (Lipinski definition) is 0. The van der Waals surface area contributed by atoms with Gasteiger partial charge in [0.2, 0.25) is 5.91 Å². The Morgan fingerprint density at radius 1 is 1.06 bits per heavy atom. The maximum atomic E-state index is 14.5. The van der Waals surface area contributed by atoms with Crippen LogP contribution >= 0.6 is 0 Å². The first kappa shape index (κ1) is 24.5. The number of amides is 1. The normalized spacial score (nSPS) is 16.4. The van der Waals surface area contributed by atoms with Crippen LogP contribution in [0.4, 0.5) is 4.39 Å². The van der Waals surface area contributed by atoms with E-state index in [1.54, 1.807) is 6.07 Å². The van der Waals surface area contributed by atoms with Crippen molar-refractivity contribution in [2.75, 3.05) is 34.3 Å². The van der Waals surface area contributed by atoms with Gasteiger partial charge in [-0.2, -0.15) is 0 Å². The van der Waals surface area contributed by atoms with Crippen LogP contribution in [0.15, 0.2) is 36.4 Å². The average molecular weight is 492 g/mol. The predicted octanol–water partition coefficient (Wildman–Crippen LogP) is 5.19. The van der Waals surface area contributed by atoms with E-state index >= 15 is 0 Å². The lowest BCUT2D eigenvalue weighted by molar-refractivity contribution is -0.132. The van der Waals surface area contributed by atoms with Crippen molar-refractivity contribution < 1.29 is 18.7 Å². The van der Waals surface area contributed by atoms with E-state index in [0.29, 0.717) is 37.7 Å². The molecule has 0 unspecified atom stereocenters. The molecule has 2 aliphatic rings. The highest BCUT2D eigenvalue weighted by atomic mass is 19.1. The summed E-state index contributed by atoms with van der Waals surface area (Å²) < 4.78 is 21.8. The van der Waals surface area contributed by atoms with Crippen LogP contribution in [-0.4, -0.2) is 60.5 Å². The molecule has 5 rings (SSSR count). The molecule has 1 amide bonds. The SMILES string of the molecule is COC(=O)c1ccc2c(C3CCCCC3)c3n(c2c1)CCN(C(=O)CN(C)C)Cc1cc(F)ccc1-3. The molecule has 2 heterocycles. The van der Waals surface area contributed by atoms with Gasteiger partial charge in [0, 0.05) is 36.1 Å². The first-order valence-electron chi connectivity index (χ1n) is 12.8. The first-order valence-corrected chi connectivity index (χ1v) is 12.8. The summed E-state index contributed by atoms with van der Waals surface area (Å²) in [7, 11) is 5.14. The van der Waals surface area contributed by atoms with Crippen molar-refractivity contribution in [1.29, 1.82) is 0 Å². The lowest BCUT2D eigenvalue weighted by Crippen LogP contribution is -2.40. The molecule has 1 aliphatic heterocycles. The molecule has 190 valence electrons.